The maximum Gasteiger partial charge on any atom is 0.209 e. The number of aryl methyl sites for hydroxylation is 1. The van der Waals surface area contributed by atoms with Crippen molar-refractivity contribution in [2.75, 3.05) is 0 Å². The third-order valence-electron chi connectivity index (χ3n) is 1.90. The lowest BCUT2D eigenvalue weighted by Gasteiger charge is -2.11. The number of rotatable bonds is 1. The molecule has 0 spiro atoms. The number of dihydropyridines is 1. The normalized spacial score (nSPS) is 21.1. The second kappa shape index (κ2) is 3.34. The van der Waals surface area contributed by atoms with Gasteiger partial charge >= 0.3 is 0 Å². The molecule has 0 amide bonds. The Bertz CT molecular complexity index is 433. The largest absolute Gasteiger partial charge is 0.396 e. The van der Waals surface area contributed by atoms with Crippen molar-refractivity contribution >= 4 is 23.3 Å². The van der Waals surface area contributed by atoms with Gasteiger partial charge in [-0.1, -0.05) is 0 Å². The van der Waals surface area contributed by atoms with E-state index in [1.807, 2.05) is 6.92 Å². The van der Waals surface area contributed by atoms with E-state index in [0.29, 0.717) is 5.01 Å². The summed E-state index contributed by atoms with van der Waals surface area (Å²) in [5, 5.41) is 0.708. The van der Waals surface area contributed by atoms with Crippen molar-refractivity contribution in [3.8, 4) is 0 Å². The Balaban J connectivity index is 2.33. The lowest BCUT2D eigenvalue weighted by atomic mass is 10.1. The Hall–Kier alpha value is -1.49. The molecule has 2 heterocycles. The summed E-state index contributed by atoms with van der Waals surface area (Å²) < 4.78 is 0. The van der Waals surface area contributed by atoms with Gasteiger partial charge in [-0.3, -0.25) is 9.79 Å². The van der Waals surface area contributed by atoms with E-state index in [9.17, 15) is 4.79 Å². The summed E-state index contributed by atoms with van der Waals surface area (Å²) in [6.07, 6.45) is 4.80. The predicted octanol–water partition coefficient (Wildman–Crippen LogP) is 0.989. The number of nitrogens with two attached hydrogens (primary N) is 1. The highest BCUT2D eigenvalue weighted by molar-refractivity contribution is 7.11. The van der Waals surface area contributed by atoms with Crippen LogP contribution < -0.4 is 5.73 Å². The molecule has 1 unspecified atom stereocenters. The van der Waals surface area contributed by atoms with Crippen LogP contribution in [-0.4, -0.2) is 17.0 Å². The van der Waals surface area contributed by atoms with Crippen molar-refractivity contribution in [3.63, 3.8) is 0 Å². The molecule has 0 fully saturated rings. The zero-order valence-corrected chi connectivity index (χ0v) is 8.41. The van der Waals surface area contributed by atoms with Gasteiger partial charge in [0.05, 0.1) is 5.70 Å². The van der Waals surface area contributed by atoms with E-state index in [1.54, 1.807) is 12.4 Å². The third-order valence-corrected chi connectivity index (χ3v) is 2.86. The first-order valence-corrected chi connectivity index (χ1v) is 4.95. The molecule has 0 aromatic carbocycles. The monoisotopic (exact) mass is 207 g/mol. The molecule has 72 valence electrons. The van der Waals surface area contributed by atoms with E-state index in [0.717, 1.165) is 4.88 Å². The molecular weight excluding hydrogens is 198 g/mol. The highest BCUT2D eigenvalue weighted by atomic mass is 32.1. The molecule has 2 rings (SSSR count). The van der Waals surface area contributed by atoms with Gasteiger partial charge in [-0.05, 0) is 13.0 Å². The molecule has 5 heteroatoms. The molecule has 1 aromatic rings. The lowest BCUT2D eigenvalue weighted by molar-refractivity contribution is -0.116. The predicted molar refractivity (Wildman–Crippen MR) is 55.4 cm³/mol. The maximum absolute atomic E-state index is 11.6. The van der Waals surface area contributed by atoms with Gasteiger partial charge in [0.25, 0.3) is 0 Å². The number of aliphatic imine (C=N–C) groups is 1. The summed E-state index contributed by atoms with van der Waals surface area (Å²) in [5.41, 5.74) is 5.76. The fourth-order valence-corrected chi connectivity index (χ4v) is 2.01. The van der Waals surface area contributed by atoms with E-state index in [4.69, 9.17) is 5.73 Å². The fourth-order valence-electron chi connectivity index (χ4n) is 1.19. The molecule has 0 radical (unpaired) electrons. The van der Waals surface area contributed by atoms with Crippen molar-refractivity contribution < 1.29 is 4.79 Å². The van der Waals surface area contributed by atoms with Crippen LogP contribution in [-0.2, 0) is 4.79 Å². The zero-order chi connectivity index (χ0) is 10.1. The van der Waals surface area contributed by atoms with Gasteiger partial charge in [-0.15, -0.1) is 11.3 Å². The molecule has 1 atom stereocenters. The van der Waals surface area contributed by atoms with E-state index >= 15 is 0 Å². The number of Topliss-reactive ketones (excluding diaryl/α,β-unsaturated/α-hetero) is 1. The van der Waals surface area contributed by atoms with Crippen LogP contribution in [0.5, 0.6) is 0 Å². The van der Waals surface area contributed by atoms with E-state index < -0.39 is 6.04 Å². The highest BCUT2D eigenvalue weighted by Crippen LogP contribution is 2.26. The quantitative estimate of drug-likeness (QED) is 0.746. The Kier molecular flexibility index (Phi) is 2.17. The second-order valence-corrected chi connectivity index (χ2v) is 4.26. The smallest absolute Gasteiger partial charge is 0.209 e. The van der Waals surface area contributed by atoms with Gasteiger partial charge in [-0.25, -0.2) is 4.98 Å². The van der Waals surface area contributed by atoms with Gasteiger partial charge < -0.3 is 5.73 Å². The summed E-state index contributed by atoms with van der Waals surface area (Å²) in [6.45, 7) is 1.94. The zero-order valence-electron chi connectivity index (χ0n) is 7.60. The minimum Gasteiger partial charge on any atom is -0.396 e. The van der Waals surface area contributed by atoms with Gasteiger partial charge in [-0.2, -0.15) is 0 Å². The molecule has 14 heavy (non-hydrogen) atoms. The van der Waals surface area contributed by atoms with E-state index in [2.05, 4.69) is 9.98 Å². The minimum atomic E-state index is -0.529. The first kappa shape index (κ1) is 9.08. The number of allylic oxidation sites excluding steroid dienone is 1. The van der Waals surface area contributed by atoms with Gasteiger partial charge in [0.15, 0.2) is 6.04 Å². The molecule has 0 saturated heterocycles. The van der Waals surface area contributed by atoms with Crippen molar-refractivity contribution in [1.82, 2.24) is 4.98 Å². The van der Waals surface area contributed by atoms with Crippen LogP contribution >= 0.6 is 11.3 Å². The highest BCUT2D eigenvalue weighted by Gasteiger charge is 2.25. The van der Waals surface area contributed by atoms with Crippen molar-refractivity contribution in [1.29, 1.82) is 0 Å². The standard InChI is InChI=1S/C9H9N3OS/c1-5-4-12-9(14-5)7-8(13)6(10)2-3-11-7/h2-4,7H,10H2,1H3. The number of ketones is 1. The first-order chi connectivity index (χ1) is 6.68. The Morgan fingerprint density at radius 2 is 2.36 bits per heavy atom. The number of hydrogen-bond acceptors (Lipinski definition) is 5. The molecule has 1 aromatic heterocycles. The summed E-state index contributed by atoms with van der Waals surface area (Å²) in [7, 11) is 0. The number of hydrogen-bond donors (Lipinski definition) is 1. The Labute approximate surface area is 85.2 Å². The van der Waals surface area contributed by atoms with Crippen LogP contribution in [0.3, 0.4) is 0 Å². The van der Waals surface area contributed by atoms with Crippen LogP contribution in [0.1, 0.15) is 15.9 Å². The van der Waals surface area contributed by atoms with Crippen molar-refractivity contribution in [3.05, 3.63) is 27.9 Å². The van der Waals surface area contributed by atoms with E-state index in [-0.39, 0.29) is 11.5 Å². The fraction of sp³-hybridized carbons (Fsp3) is 0.222. The van der Waals surface area contributed by atoms with Crippen LogP contribution in [0, 0.1) is 6.92 Å². The van der Waals surface area contributed by atoms with Crippen LogP contribution in [0.2, 0.25) is 0 Å². The summed E-state index contributed by atoms with van der Waals surface area (Å²) in [6, 6.07) is -0.529. The number of nitrogens with zero attached hydrogens (tertiary/aromatic N) is 2. The third kappa shape index (κ3) is 1.46. The molecule has 1 aliphatic rings. The molecule has 2 N–H and O–H groups in total. The number of carbonyl (C=O) groups excluding carboxylic acids is 1. The first-order valence-electron chi connectivity index (χ1n) is 4.14. The van der Waals surface area contributed by atoms with Crippen LogP contribution in [0.4, 0.5) is 0 Å². The number of thiazole rings is 1. The molecular formula is C9H9N3OS. The van der Waals surface area contributed by atoms with Crippen LogP contribution in [0.25, 0.3) is 0 Å². The summed E-state index contributed by atoms with van der Waals surface area (Å²) >= 11 is 1.47. The number of aromatic nitrogens is 1. The van der Waals surface area contributed by atoms with E-state index in [1.165, 1.54) is 17.4 Å². The van der Waals surface area contributed by atoms with Gasteiger partial charge in [0.1, 0.15) is 5.01 Å². The molecule has 0 bridgehead atoms. The average molecular weight is 207 g/mol. The topological polar surface area (TPSA) is 68.3 Å². The van der Waals surface area contributed by atoms with Gasteiger partial charge in [0, 0.05) is 17.3 Å². The molecule has 1 aliphatic heterocycles. The van der Waals surface area contributed by atoms with Crippen molar-refractivity contribution in [2.24, 2.45) is 10.7 Å². The molecule has 4 nitrogen and oxygen atoms in total. The molecule has 0 saturated carbocycles. The lowest BCUT2D eigenvalue weighted by Crippen LogP contribution is -2.21. The van der Waals surface area contributed by atoms with Crippen molar-refractivity contribution in [2.45, 2.75) is 13.0 Å². The summed E-state index contributed by atoms with van der Waals surface area (Å²) in [5.74, 6) is -0.165. The Morgan fingerprint density at radius 1 is 1.57 bits per heavy atom. The maximum atomic E-state index is 11.6. The van der Waals surface area contributed by atoms with Crippen LogP contribution in [0.15, 0.2) is 23.0 Å². The van der Waals surface area contributed by atoms with Gasteiger partial charge in [0.2, 0.25) is 5.78 Å². The average Bonchev–Trinajstić information content (AvgIpc) is 2.57. The molecule has 0 aliphatic carbocycles. The Morgan fingerprint density at radius 3 is 3.00 bits per heavy atom. The SMILES string of the molecule is Cc1cnc(C2N=CC=C(N)C2=O)s1. The number of carbonyl (C=O) groups is 1. The summed E-state index contributed by atoms with van der Waals surface area (Å²) in [4.78, 5) is 20.8. The second-order valence-electron chi connectivity index (χ2n) is 3.00. The minimum absolute atomic E-state index is 0.165.